The largest absolute Gasteiger partial charge is 0.355 e. The van der Waals surface area contributed by atoms with Crippen molar-refractivity contribution in [2.75, 3.05) is 11.3 Å². The Balaban J connectivity index is 2.34. The van der Waals surface area contributed by atoms with Crippen molar-refractivity contribution < 1.29 is 17.2 Å². The number of hydrogen-bond acceptors (Lipinski definition) is 3. The van der Waals surface area contributed by atoms with Crippen molar-refractivity contribution in [3.05, 3.63) is 29.3 Å². The van der Waals surface area contributed by atoms with E-state index in [0.29, 0.717) is 6.54 Å². The summed E-state index contributed by atoms with van der Waals surface area (Å²) in [5.74, 6) is -3.42. The van der Waals surface area contributed by atoms with E-state index in [1.807, 2.05) is 10.8 Å². The van der Waals surface area contributed by atoms with Crippen LogP contribution in [-0.2, 0) is 23.0 Å². The van der Waals surface area contributed by atoms with Gasteiger partial charge in [0, 0.05) is 6.54 Å². The van der Waals surface area contributed by atoms with Crippen LogP contribution in [0.4, 0.5) is 14.5 Å². The van der Waals surface area contributed by atoms with Gasteiger partial charge >= 0.3 is 5.76 Å². The molecular weight excluding hydrogens is 250 g/mol. The molecule has 0 aliphatic carbocycles. The summed E-state index contributed by atoms with van der Waals surface area (Å²) in [4.78, 5) is 0. The standard InChI is InChI=1S/C10H12F2N2O2S/c11-10(12)17(15,16)14-9-3-1-2-7-4-5-13-6-8(7)9/h1-3,10,13-14H,4-6H2. The highest BCUT2D eigenvalue weighted by Gasteiger charge is 2.25. The van der Waals surface area contributed by atoms with Gasteiger partial charge in [0.25, 0.3) is 10.0 Å². The summed E-state index contributed by atoms with van der Waals surface area (Å²) in [6.07, 6.45) is 0.763. The molecule has 1 aliphatic heterocycles. The van der Waals surface area contributed by atoms with Gasteiger partial charge < -0.3 is 5.32 Å². The maximum Gasteiger partial charge on any atom is 0.355 e. The lowest BCUT2D eigenvalue weighted by atomic mass is 10.00. The van der Waals surface area contributed by atoms with E-state index in [9.17, 15) is 17.2 Å². The zero-order valence-corrected chi connectivity index (χ0v) is 9.73. The van der Waals surface area contributed by atoms with Crippen molar-refractivity contribution in [2.45, 2.75) is 18.7 Å². The summed E-state index contributed by atoms with van der Waals surface area (Å²) >= 11 is 0. The minimum absolute atomic E-state index is 0.231. The van der Waals surface area contributed by atoms with Crippen LogP contribution in [0.25, 0.3) is 0 Å². The lowest BCUT2D eigenvalue weighted by Gasteiger charge is -2.20. The van der Waals surface area contributed by atoms with Gasteiger partial charge in [-0.25, -0.2) is 8.42 Å². The first-order valence-corrected chi connectivity index (χ1v) is 6.66. The number of benzene rings is 1. The molecule has 7 heteroatoms. The highest BCUT2D eigenvalue weighted by molar-refractivity contribution is 7.93. The predicted octanol–water partition coefficient (Wildman–Crippen LogP) is 1.30. The SMILES string of the molecule is O=S(=O)(Nc1cccc2c1CNCC2)C(F)F. The molecule has 0 fully saturated rings. The van der Waals surface area contributed by atoms with E-state index >= 15 is 0 Å². The van der Waals surface area contributed by atoms with E-state index in [0.717, 1.165) is 24.1 Å². The van der Waals surface area contributed by atoms with E-state index in [4.69, 9.17) is 0 Å². The molecule has 0 radical (unpaired) electrons. The maximum atomic E-state index is 12.3. The third-order valence-electron chi connectivity index (χ3n) is 2.63. The van der Waals surface area contributed by atoms with Crippen LogP contribution in [-0.4, -0.2) is 20.7 Å². The Hall–Kier alpha value is -1.21. The van der Waals surface area contributed by atoms with Crippen molar-refractivity contribution in [3.63, 3.8) is 0 Å². The van der Waals surface area contributed by atoms with E-state index in [-0.39, 0.29) is 5.69 Å². The number of hydrogen-bond donors (Lipinski definition) is 2. The Kier molecular flexibility index (Phi) is 3.30. The van der Waals surface area contributed by atoms with Crippen LogP contribution < -0.4 is 10.0 Å². The summed E-state index contributed by atoms with van der Waals surface area (Å²) in [6.45, 7) is 1.29. The number of rotatable bonds is 3. The molecule has 0 bridgehead atoms. The smallest absolute Gasteiger partial charge is 0.312 e. The number of nitrogens with one attached hydrogen (secondary N) is 2. The first kappa shape index (κ1) is 12.3. The molecule has 0 aromatic heterocycles. The minimum Gasteiger partial charge on any atom is -0.312 e. The second-order valence-electron chi connectivity index (χ2n) is 3.78. The lowest BCUT2D eigenvalue weighted by molar-refractivity contribution is 0.236. The third kappa shape index (κ3) is 2.55. The number of halogens is 2. The van der Waals surface area contributed by atoms with Crippen molar-refractivity contribution in [1.82, 2.24) is 5.32 Å². The van der Waals surface area contributed by atoms with Gasteiger partial charge in [-0.15, -0.1) is 0 Å². The van der Waals surface area contributed by atoms with Crippen molar-refractivity contribution in [3.8, 4) is 0 Å². The van der Waals surface area contributed by atoms with Crippen molar-refractivity contribution in [1.29, 1.82) is 0 Å². The third-order valence-corrected chi connectivity index (χ3v) is 3.61. The molecule has 0 saturated heterocycles. The molecule has 0 spiro atoms. The lowest BCUT2D eigenvalue weighted by Crippen LogP contribution is -2.27. The second kappa shape index (κ2) is 4.58. The molecule has 1 aromatic rings. The minimum atomic E-state index is -4.60. The number of sulfonamides is 1. The average molecular weight is 262 g/mol. The Morgan fingerprint density at radius 2 is 2.12 bits per heavy atom. The van der Waals surface area contributed by atoms with Crippen LogP contribution in [0.3, 0.4) is 0 Å². The molecule has 0 atom stereocenters. The Morgan fingerprint density at radius 3 is 2.82 bits per heavy atom. The fraction of sp³-hybridized carbons (Fsp3) is 0.400. The van der Waals surface area contributed by atoms with E-state index in [1.165, 1.54) is 6.07 Å². The fourth-order valence-electron chi connectivity index (χ4n) is 1.81. The normalized spacial score (nSPS) is 15.7. The van der Waals surface area contributed by atoms with Crippen molar-refractivity contribution >= 4 is 15.7 Å². The topological polar surface area (TPSA) is 58.2 Å². The monoisotopic (exact) mass is 262 g/mol. The van der Waals surface area contributed by atoms with Gasteiger partial charge in [-0.3, -0.25) is 4.72 Å². The Bertz CT molecular complexity index is 517. The summed E-state index contributed by atoms with van der Waals surface area (Å²) in [5, 5.41) is 3.07. The number of alkyl halides is 2. The Labute approximate surface area is 98.1 Å². The molecule has 4 nitrogen and oxygen atoms in total. The van der Waals surface area contributed by atoms with Gasteiger partial charge in [0.15, 0.2) is 0 Å². The molecule has 1 aliphatic rings. The summed E-state index contributed by atoms with van der Waals surface area (Å²) in [5.41, 5.74) is 1.95. The number of fused-ring (bicyclic) bond motifs is 1. The molecule has 2 N–H and O–H groups in total. The summed E-state index contributed by atoms with van der Waals surface area (Å²) < 4.78 is 48.7. The molecule has 94 valence electrons. The molecule has 0 amide bonds. The van der Waals surface area contributed by atoms with Crippen LogP contribution in [0.5, 0.6) is 0 Å². The highest BCUT2D eigenvalue weighted by Crippen LogP contribution is 2.24. The molecule has 0 unspecified atom stereocenters. The van der Waals surface area contributed by atoms with Crippen LogP contribution in [0.2, 0.25) is 0 Å². The molecular formula is C10H12F2N2O2S. The Morgan fingerprint density at radius 1 is 1.35 bits per heavy atom. The van der Waals surface area contributed by atoms with Crippen LogP contribution in [0, 0.1) is 0 Å². The van der Waals surface area contributed by atoms with Gasteiger partial charge in [0.05, 0.1) is 5.69 Å². The van der Waals surface area contributed by atoms with Gasteiger partial charge in [-0.1, -0.05) is 12.1 Å². The second-order valence-corrected chi connectivity index (χ2v) is 5.43. The van der Waals surface area contributed by atoms with E-state index in [2.05, 4.69) is 5.32 Å². The van der Waals surface area contributed by atoms with Gasteiger partial charge in [0.2, 0.25) is 0 Å². The van der Waals surface area contributed by atoms with E-state index < -0.39 is 15.8 Å². The van der Waals surface area contributed by atoms with Crippen LogP contribution >= 0.6 is 0 Å². The van der Waals surface area contributed by atoms with Gasteiger partial charge in [-0.05, 0) is 30.2 Å². The average Bonchev–Trinajstić information content (AvgIpc) is 2.29. The highest BCUT2D eigenvalue weighted by atomic mass is 32.2. The first-order valence-electron chi connectivity index (χ1n) is 5.12. The fourth-order valence-corrected chi connectivity index (χ4v) is 2.39. The summed E-state index contributed by atoms with van der Waals surface area (Å²) in [6, 6.07) is 5.02. The van der Waals surface area contributed by atoms with Gasteiger partial charge in [0.1, 0.15) is 0 Å². The predicted molar refractivity (Wildman–Crippen MR) is 60.4 cm³/mol. The zero-order chi connectivity index (χ0) is 12.5. The first-order chi connectivity index (χ1) is 8.00. The summed E-state index contributed by atoms with van der Waals surface area (Å²) in [7, 11) is -4.60. The van der Waals surface area contributed by atoms with Crippen LogP contribution in [0.1, 0.15) is 11.1 Å². The molecule has 0 saturated carbocycles. The zero-order valence-electron chi connectivity index (χ0n) is 8.91. The van der Waals surface area contributed by atoms with Crippen molar-refractivity contribution in [2.24, 2.45) is 0 Å². The molecule has 1 aromatic carbocycles. The quantitative estimate of drug-likeness (QED) is 0.863. The van der Waals surface area contributed by atoms with Crippen LogP contribution in [0.15, 0.2) is 18.2 Å². The molecule has 2 rings (SSSR count). The van der Waals surface area contributed by atoms with E-state index in [1.54, 1.807) is 6.07 Å². The molecule has 1 heterocycles. The van der Waals surface area contributed by atoms with Gasteiger partial charge in [-0.2, -0.15) is 8.78 Å². The molecule has 17 heavy (non-hydrogen) atoms. The number of anilines is 1. The maximum absolute atomic E-state index is 12.3.